The third kappa shape index (κ3) is 2.25. The van der Waals surface area contributed by atoms with Crippen LogP contribution in [-0.4, -0.2) is 17.1 Å². The minimum Gasteiger partial charge on any atom is -0.363 e. The number of thiophene rings is 1. The van der Waals surface area contributed by atoms with Gasteiger partial charge in [0.05, 0.1) is 8.71 Å². The van der Waals surface area contributed by atoms with Crippen molar-refractivity contribution < 1.29 is 14.8 Å². The Kier molecular flexibility index (Phi) is 3.37. The topological polar surface area (TPSA) is 72.6 Å². The maximum Gasteiger partial charge on any atom is 0.289 e. The number of nitro groups is 1. The number of hydrogen-bond donors (Lipinski definition) is 1. The van der Waals surface area contributed by atoms with Crippen LogP contribution in [0.4, 0.5) is 5.69 Å². The number of ether oxygens (including phenoxy) is 1. The number of aliphatic hydroxyl groups excluding tert-OH is 1. The molecule has 0 saturated carbocycles. The normalized spacial score (nSPS) is 12.8. The summed E-state index contributed by atoms with van der Waals surface area (Å²) in [6.45, 7) is 0. The van der Waals surface area contributed by atoms with E-state index in [9.17, 15) is 15.2 Å². The smallest absolute Gasteiger partial charge is 0.289 e. The van der Waals surface area contributed by atoms with Gasteiger partial charge in [-0.1, -0.05) is 0 Å². The molecule has 1 aromatic rings. The first-order chi connectivity index (χ1) is 6.06. The molecule has 1 unspecified atom stereocenters. The van der Waals surface area contributed by atoms with Crippen molar-refractivity contribution in [2.75, 3.05) is 7.11 Å². The molecule has 1 heterocycles. The number of nitrogens with zero attached hydrogens (tertiary/aromatic N) is 1. The van der Waals surface area contributed by atoms with E-state index in [0.29, 0.717) is 3.79 Å². The third-order valence-electron chi connectivity index (χ3n) is 1.35. The Bertz CT molecular complexity index is 326. The highest BCUT2D eigenvalue weighted by molar-refractivity contribution is 9.11. The lowest BCUT2D eigenvalue weighted by Crippen LogP contribution is -2.00. The fourth-order valence-electron chi connectivity index (χ4n) is 0.792. The molecule has 0 bridgehead atoms. The second-order valence-corrected chi connectivity index (χ2v) is 4.61. The SMILES string of the molecule is COC(O)c1sc(Br)cc1[N+](=O)[O-]. The Balaban J connectivity index is 3.11. The fraction of sp³-hybridized carbons (Fsp3) is 0.333. The van der Waals surface area contributed by atoms with Gasteiger partial charge in [-0.2, -0.15) is 0 Å². The van der Waals surface area contributed by atoms with Crippen molar-refractivity contribution in [3.8, 4) is 0 Å². The molecule has 0 fully saturated rings. The molecule has 1 aromatic heterocycles. The van der Waals surface area contributed by atoms with Crippen molar-refractivity contribution in [2.24, 2.45) is 0 Å². The molecular formula is C6H6BrNO4S. The zero-order chi connectivity index (χ0) is 10.0. The quantitative estimate of drug-likeness (QED) is 0.517. The van der Waals surface area contributed by atoms with Crippen LogP contribution in [0, 0.1) is 10.1 Å². The van der Waals surface area contributed by atoms with Crippen LogP contribution in [0.3, 0.4) is 0 Å². The average Bonchev–Trinajstić information content (AvgIpc) is 2.46. The Morgan fingerprint density at radius 2 is 2.46 bits per heavy atom. The first kappa shape index (κ1) is 10.6. The van der Waals surface area contributed by atoms with Crippen LogP contribution in [0.15, 0.2) is 9.85 Å². The fourth-order valence-corrected chi connectivity index (χ4v) is 2.35. The Hall–Kier alpha value is -0.500. The van der Waals surface area contributed by atoms with E-state index in [-0.39, 0.29) is 10.6 Å². The first-order valence-corrected chi connectivity index (χ1v) is 4.81. The Morgan fingerprint density at radius 1 is 1.85 bits per heavy atom. The van der Waals surface area contributed by atoms with E-state index < -0.39 is 11.2 Å². The maximum absolute atomic E-state index is 10.5. The van der Waals surface area contributed by atoms with Crippen LogP contribution in [0.25, 0.3) is 0 Å². The minimum absolute atomic E-state index is 0.133. The van der Waals surface area contributed by atoms with E-state index in [1.165, 1.54) is 13.2 Å². The largest absolute Gasteiger partial charge is 0.363 e. The molecule has 0 aromatic carbocycles. The van der Waals surface area contributed by atoms with Crippen molar-refractivity contribution >= 4 is 33.0 Å². The molecule has 7 heteroatoms. The number of aliphatic hydroxyl groups is 1. The number of hydrogen-bond acceptors (Lipinski definition) is 5. The molecule has 1 N–H and O–H groups in total. The number of rotatable bonds is 3. The van der Waals surface area contributed by atoms with Crippen molar-refractivity contribution in [1.29, 1.82) is 0 Å². The third-order valence-corrected chi connectivity index (χ3v) is 3.01. The van der Waals surface area contributed by atoms with Crippen molar-refractivity contribution in [3.05, 3.63) is 24.8 Å². The monoisotopic (exact) mass is 267 g/mol. The van der Waals surface area contributed by atoms with Gasteiger partial charge in [0.2, 0.25) is 0 Å². The van der Waals surface area contributed by atoms with Crippen molar-refractivity contribution in [2.45, 2.75) is 6.29 Å². The van der Waals surface area contributed by atoms with Gasteiger partial charge in [-0.3, -0.25) is 10.1 Å². The van der Waals surface area contributed by atoms with Crippen molar-refractivity contribution in [3.63, 3.8) is 0 Å². The summed E-state index contributed by atoms with van der Waals surface area (Å²) in [4.78, 5) is 10.1. The lowest BCUT2D eigenvalue weighted by Gasteiger charge is -2.03. The molecule has 5 nitrogen and oxygen atoms in total. The van der Waals surface area contributed by atoms with Crippen molar-refractivity contribution in [1.82, 2.24) is 0 Å². The first-order valence-electron chi connectivity index (χ1n) is 3.20. The Labute approximate surface area is 86.2 Å². The number of halogens is 1. The lowest BCUT2D eigenvalue weighted by atomic mass is 10.4. The molecule has 0 aliphatic heterocycles. The second kappa shape index (κ2) is 4.14. The molecule has 0 spiro atoms. The van der Waals surface area contributed by atoms with E-state index in [1.54, 1.807) is 0 Å². The van der Waals surface area contributed by atoms with E-state index in [2.05, 4.69) is 20.7 Å². The average molecular weight is 268 g/mol. The van der Waals surface area contributed by atoms with Gasteiger partial charge in [0.15, 0.2) is 6.29 Å². The van der Waals surface area contributed by atoms with Gasteiger partial charge in [-0.25, -0.2) is 0 Å². The summed E-state index contributed by atoms with van der Waals surface area (Å²) < 4.78 is 5.17. The molecule has 0 radical (unpaired) electrons. The van der Waals surface area contributed by atoms with E-state index >= 15 is 0 Å². The zero-order valence-corrected chi connectivity index (χ0v) is 8.96. The van der Waals surface area contributed by atoms with Gasteiger partial charge in [0, 0.05) is 13.2 Å². The molecule has 0 aliphatic carbocycles. The van der Waals surface area contributed by atoms with Gasteiger partial charge in [-0.05, 0) is 15.9 Å². The highest BCUT2D eigenvalue weighted by atomic mass is 79.9. The second-order valence-electron chi connectivity index (χ2n) is 2.15. The van der Waals surface area contributed by atoms with Gasteiger partial charge in [0.1, 0.15) is 4.88 Å². The number of methoxy groups -OCH3 is 1. The summed E-state index contributed by atoms with van der Waals surface area (Å²) in [5.41, 5.74) is -0.133. The van der Waals surface area contributed by atoms with E-state index in [0.717, 1.165) is 11.3 Å². The zero-order valence-electron chi connectivity index (χ0n) is 6.56. The summed E-state index contributed by atoms with van der Waals surface area (Å²) in [6.07, 6.45) is -1.24. The molecule has 13 heavy (non-hydrogen) atoms. The molecular weight excluding hydrogens is 262 g/mol. The molecule has 72 valence electrons. The molecule has 0 amide bonds. The van der Waals surface area contributed by atoms with E-state index in [4.69, 9.17) is 0 Å². The summed E-state index contributed by atoms with van der Waals surface area (Å²) in [5, 5.41) is 19.7. The van der Waals surface area contributed by atoms with E-state index in [1.807, 2.05) is 0 Å². The summed E-state index contributed by atoms with van der Waals surface area (Å²) in [6, 6.07) is 1.34. The Morgan fingerprint density at radius 3 is 2.92 bits per heavy atom. The highest BCUT2D eigenvalue weighted by Crippen LogP contribution is 2.37. The predicted molar refractivity (Wildman–Crippen MR) is 50.6 cm³/mol. The molecule has 1 rings (SSSR count). The lowest BCUT2D eigenvalue weighted by molar-refractivity contribution is -0.386. The van der Waals surface area contributed by atoms with Crippen LogP contribution >= 0.6 is 27.3 Å². The van der Waals surface area contributed by atoms with Gasteiger partial charge in [-0.15, -0.1) is 11.3 Å². The van der Waals surface area contributed by atoms with Crippen LogP contribution < -0.4 is 0 Å². The highest BCUT2D eigenvalue weighted by Gasteiger charge is 2.23. The summed E-state index contributed by atoms with van der Waals surface area (Å²) in [7, 11) is 1.28. The maximum atomic E-state index is 10.5. The summed E-state index contributed by atoms with van der Waals surface area (Å²) in [5.74, 6) is 0. The molecule has 0 saturated heterocycles. The van der Waals surface area contributed by atoms with Crippen LogP contribution in [0.5, 0.6) is 0 Å². The summed E-state index contributed by atoms with van der Waals surface area (Å²) >= 11 is 4.17. The van der Waals surface area contributed by atoms with Crippen LogP contribution in [-0.2, 0) is 4.74 Å². The van der Waals surface area contributed by atoms with Crippen LogP contribution in [0.2, 0.25) is 0 Å². The predicted octanol–water partition coefficient (Wildman–Crippen LogP) is 2.06. The minimum atomic E-state index is -1.24. The van der Waals surface area contributed by atoms with Crippen LogP contribution in [0.1, 0.15) is 11.2 Å². The van der Waals surface area contributed by atoms with Gasteiger partial charge < -0.3 is 9.84 Å². The standard InChI is InChI=1S/C6H6BrNO4S/c1-12-6(9)5-3(8(10)11)2-4(7)13-5/h2,6,9H,1H3. The molecule has 1 atom stereocenters. The molecule has 0 aliphatic rings. The van der Waals surface area contributed by atoms with Gasteiger partial charge in [0.25, 0.3) is 5.69 Å². The van der Waals surface area contributed by atoms with Gasteiger partial charge >= 0.3 is 0 Å².